The number of aromatic nitrogens is 2. The largest absolute Gasteiger partial charge is 0.387 e. The number of hydrogen-bond donors (Lipinski definition) is 2. The molecular weight excluding hydrogens is 289 g/mol. The van der Waals surface area contributed by atoms with Crippen molar-refractivity contribution in [3.8, 4) is 11.3 Å². The maximum Gasteiger partial charge on any atom is 0.148 e. The fourth-order valence-electron chi connectivity index (χ4n) is 1.84. The van der Waals surface area contributed by atoms with Gasteiger partial charge in [0.2, 0.25) is 0 Å². The normalized spacial score (nSPS) is 13.7. The molecule has 1 aromatic heterocycles. The molecule has 1 unspecified atom stereocenters. The topological polar surface area (TPSA) is 58.0 Å². The Morgan fingerprint density at radius 1 is 1.19 bits per heavy atom. The van der Waals surface area contributed by atoms with E-state index < -0.39 is 5.60 Å². The smallest absolute Gasteiger partial charge is 0.148 e. The summed E-state index contributed by atoms with van der Waals surface area (Å²) in [7, 11) is 0. The summed E-state index contributed by atoms with van der Waals surface area (Å²) in [5.74, 6) is 0.962. The van der Waals surface area contributed by atoms with Crippen molar-refractivity contribution in [1.29, 1.82) is 0 Å². The lowest BCUT2D eigenvalue weighted by Gasteiger charge is -2.22. The van der Waals surface area contributed by atoms with Crippen LogP contribution < -0.4 is 5.32 Å². The summed E-state index contributed by atoms with van der Waals surface area (Å²) in [5.41, 5.74) is 0.692. The quantitative estimate of drug-likeness (QED) is 0.859. The summed E-state index contributed by atoms with van der Waals surface area (Å²) < 4.78 is 12.9. The predicted octanol–water partition coefficient (Wildman–Crippen LogP) is 2.81. The Hall–Kier alpha value is -1.66. The van der Waals surface area contributed by atoms with E-state index >= 15 is 0 Å². The van der Waals surface area contributed by atoms with Crippen LogP contribution in [-0.4, -0.2) is 39.5 Å². The highest BCUT2D eigenvalue weighted by Gasteiger charge is 2.19. The number of nitrogens with zero attached hydrogens (tertiary/aromatic N) is 2. The number of halogens is 1. The number of hydrogen-bond acceptors (Lipinski definition) is 5. The van der Waals surface area contributed by atoms with Crippen LogP contribution in [0.15, 0.2) is 36.4 Å². The molecule has 0 radical (unpaired) electrons. The van der Waals surface area contributed by atoms with Gasteiger partial charge in [-0.3, -0.25) is 0 Å². The van der Waals surface area contributed by atoms with Gasteiger partial charge >= 0.3 is 0 Å². The lowest BCUT2D eigenvalue weighted by Crippen LogP contribution is -2.36. The summed E-state index contributed by atoms with van der Waals surface area (Å²) >= 11 is 1.59. The molecule has 0 spiro atoms. The van der Waals surface area contributed by atoms with Gasteiger partial charge in [-0.1, -0.05) is 0 Å². The zero-order chi connectivity index (χ0) is 15.3. The summed E-state index contributed by atoms with van der Waals surface area (Å²) in [6.45, 7) is 2.18. The first kappa shape index (κ1) is 15.7. The second kappa shape index (κ2) is 6.87. The molecule has 6 heteroatoms. The van der Waals surface area contributed by atoms with Gasteiger partial charge in [0, 0.05) is 17.9 Å². The molecule has 2 rings (SSSR count). The molecule has 0 amide bonds. The first-order valence-electron chi connectivity index (χ1n) is 6.55. The third-order valence-electron chi connectivity index (χ3n) is 2.91. The van der Waals surface area contributed by atoms with E-state index in [-0.39, 0.29) is 5.82 Å². The number of benzene rings is 1. The summed E-state index contributed by atoms with van der Waals surface area (Å²) in [6.07, 6.45) is 1.95. The van der Waals surface area contributed by atoms with Gasteiger partial charge in [0.05, 0.1) is 11.3 Å². The van der Waals surface area contributed by atoms with Crippen LogP contribution in [0.5, 0.6) is 0 Å². The average molecular weight is 307 g/mol. The molecule has 0 saturated heterocycles. The molecule has 2 aromatic rings. The van der Waals surface area contributed by atoms with E-state index in [1.807, 2.05) is 12.3 Å². The van der Waals surface area contributed by atoms with E-state index in [0.717, 1.165) is 5.56 Å². The molecule has 2 N–H and O–H groups in total. The van der Waals surface area contributed by atoms with Crippen LogP contribution in [0.2, 0.25) is 0 Å². The molecule has 0 saturated carbocycles. The molecule has 112 valence electrons. The average Bonchev–Trinajstić information content (AvgIpc) is 2.47. The molecule has 1 heterocycles. The van der Waals surface area contributed by atoms with Crippen molar-refractivity contribution < 1.29 is 9.50 Å². The van der Waals surface area contributed by atoms with Gasteiger partial charge in [-0.25, -0.2) is 4.39 Å². The third kappa shape index (κ3) is 4.68. The molecule has 0 fully saturated rings. The van der Waals surface area contributed by atoms with Crippen molar-refractivity contribution in [3.63, 3.8) is 0 Å². The van der Waals surface area contributed by atoms with Crippen LogP contribution in [0.25, 0.3) is 11.3 Å². The number of thioether (sulfide) groups is 1. The van der Waals surface area contributed by atoms with Gasteiger partial charge in [-0.2, -0.15) is 11.8 Å². The SMILES string of the molecule is CSCC(C)(O)CNc1ccc(-c2ccc(F)cc2)nn1. The Morgan fingerprint density at radius 2 is 1.90 bits per heavy atom. The molecule has 0 aliphatic carbocycles. The van der Waals surface area contributed by atoms with E-state index in [1.54, 1.807) is 36.9 Å². The Labute approximate surface area is 127 Å². The molecular formula is C15H18FN3OS. The van der Waals surface area contributed by atoms with Crippen LogP contribution in [-0.2, 0) is 0 Å². The van der Waals surface area contributed by atoms with Crippen LogP contribution in [0.1, 0.15) is 6.92 Å². The molecule has 0 bridgehead atoms. The maximum absolute atomic E-state index is 12.9. The first-order chi connectivity index (χ1) is 10.00. The Bertz CT molecular complexity index is 572. The highest BCUT2D eigenvalue weighted by Crippen LogP contribution is 2.18. The number of anilines is 1. The number of aliphatic hydroxyl groups is 1. The van der Waals surface area contributed by atoms with Crippen molar-refractivity contribution in [3.05, 3.63) is 42.2 Å². The van der Waals surface area contributed by atoms with Gasteiger partial charge in [-0.15, -0.1) is 10.2 Å². The van der Waals surface area contributed by atoms with Crippen LogP contribution in [0.3, 0.4) is 0 Å². The van der Waals surface area contributed by atoms with E-state index in [0.29, 0.717) is 23.8 Å². The van der Waals surface area contributed by atoms with Gasteiger partial charge in [0.15, 0.2) is 0 Å². The van der Waals surface area contributed by atoms with E-state index in [4.69, 9.17) is 0 Å². The highest BCUT2D eigenvalue weighted by atomic mass is 32.2. The standard InChI is InChI=1S/C15H18FN3OS/c1-15(20,10-21-2)9-17-14-8-7-13(18-19-14)11-3-5-12(16)6-4-11/h3-8,20H,9-10H2,1-2H3,(H,17,19). The fourth-order valence-corrected chi connectivity index (χ4v) is 2.57. The molecule has 4 nitrogen and oxygen atoms in total. The zero-order valence-corrected chi connectivity index (χ0v) is 12.8. The highest BCUT2D eigenvalue weighted by molar-refractivity contribution is 7.98. The summed E-state index contributed by atoms with van der Waals surface area (Å²) in [5, 5.41) is 21.3. The van der Waals surface area contributed by atoms with Crippen molar-refractivity contribution in [2.45, 2.75) is 12.5 Å². The Morgan fingerprint density at radius 3 is 2.48 bits per heavy atom. The molecule has 0 aliphatic heterocycles. The summed E-state index contributed by atoms with van der Waals surface area (Å²) in [4.78, 5) is 0. The minimum atomic E-state index is -0.795. The maximum atomic E-state index is 12.9. The van der Waals surface area contributed by atoms with Gasteiger partial charge in [0.1, 0.15) is 11.6 Å². The lowest BCUT2D eigenvalue weighted by atomic mass is 10.1. The zero-order valence-electron chi connectivity index (χ0n) is 12.0. The van der Waals surface area contributed by atoms with E-state index in [2.05, 4.69) is 15.5 Å². The minimum Gasteiger partial charge on any atom is -0.387 e. The molecule has 1 aromatic carbocycles. The number of rotatable bonds is 6. The van der Waals surface area contributed by atoms with Crippen LogP contribution >= 0.6 is 11.8 Å². The Balaban J connectivity index is 2.00. The monoisotopic (exact) mass is 307 g/mol. The van der Waals surface area contributed by atoms with Gasteiger partial charge in [0.25, 0.3) is 0 Å². The minimum absolute atomic E-state index is 0.277. The van der Waals surface area contributed by atoms with E-state index in [9.17, 15) is 9.50 Å². The molecule has 0 aliphatic rings. The second-order valence-corrected chi connectivity index (χ2v) is 5.96. The van der Waals surface area contributed by atoms with Crippen molar-refractivity contribution >= 4 is 17.6 Å². The number of nitrogens with one attached hydrogen (secondary N) is 1. The van der Waals surface area contributed by atoms with Crippen molar-refractivity contribution in [2.24, 2.45) is 0 Å². The summed E-state index contributed by atoms with van der Waals surface area (Å²) in [6, 6.07) is 9.71. The second-order valence-electron chi connectivity index (χ2n) is 5.09. The van der Waals surface area contributed by atoms with Gasteiger partial charge < -0.3 is 10.4 Å². The lowest BCUT2D eigenvalue weighted by molar-refractivity contribution is 0.0996. The van der Waals surface area contributed by atoms with Crippen LogP contribution in [0, 0.1) is 5.82 Å². The van der Waals surface area contributed by atoms with Crippen LogP contribution in [0.4, 0.5) is 10.2 Å². The van der Waals surface area contributed by atoms with Crippen molar-refractivity contribution in [2.75, 3.05) is 23.9 Å². The van der Waals surface area contributed by atoms with Crippen molar-refractivity contribution in [1.82, 2.24) is 10.2 Å². The Kier molecular flexibility index (Phi) is 5.14. The third-order valence-corrected chi connectivity index (χ3v) is 3.82. The molecule has 1 atom stereocenters. The first-order valence-corrected chi connectivity index (χ1v) is 7.94. The molecule has 21 heavy (non-hydrogen) atoms. The van der Waals surface area contributed by atoms with E-state index in [1.165, 1.54) is 12.1 Å². The van der Waals surface area contributed by atoms with Gasteiger partial charge in [-0.05, 0) is 49.6 Å². The fraction of sp³-hybridized carbons (Fsp3) is 0.333. The predicted molar refractivity (Wildman–Crippen MR) is 84.9 cm³/mol.